The van der Waals surface area contributed by atoms with E-state index in [0.29, 0.717) is 23.3 Å². The van der Waals surface area contributed by atoms with E-state index >= 15 is 0 Å². The van der Waals surface area contributed by atoms with Crippen molar-refractivity contribution in [1.82, 2.24) is 0 Å². The van der Waals surface area contributed by atoms with Gasteiger partial charge in [0.15, 0.2) is 0 Å². The predicted molar refractivity (Wildman–Crippen MR) is 69.6 cm³/mol. The van der Waals surface area contributed by atoms with Crippen molar-refractivity contribution < 1.29 is 18.7 Å². The maximum atomic E-state index is 12.1. The summed E-state index contributed by atoms with van der Waals surface area (Å²) in [5.41, 5.74) is -0.140. The first-order valence-corrected chi connectivity index (χ1v) is 5.94. The molecule has 0 saturated heterocycles. The van der Waals surface area contributed by atoms with Gasteiger partial charge < -0.3 is 13.9 Å². The van der Waals surface area contributed by atoms with Crippen molar-refractivity contribution in [3.63, 3.8) is 0 Å². The molecule has 100 valence electrons. The number of hydrogen-bond acceptors (Lipinski definition) is 5. The highest BCUT2D eigenvalue weighted by Crippen LogP contribution is 2.19. The molecule has 2 rings (SSSR count). The van der Waals surface area contributed by atoms with E-state index in [1.54, 1.807) is 18.2 Å². The molecule has 0 fully saturated rings. The molecule has 0 unspecified atom stereocenters. The van der Waals surface area contributed by atoms with Crippen molar-refractivity contribution in [2.45, 2.75) is 13.3 Å². The Morgan fingerprint density at radius 3 is 2.84 bits per heavy atom. The van der Waals surface area contributed by atoms with Gasteiger partial charge in [0.25, 0.3) is 0 Å². The Morgan fingerprint density at radius 2 is 2.16 bits per heavy atom. The van der Waals surface area contributed by atoms with Crippen LogP contribution in [-0.4, -0.2) is 19.7 Å². The van der Waals surface area contributed by atoms with Gasteiger partial charge >= 0.3 is 5.97 Å². The quantitative estimate of drug-likeness (QED) is 0.791. The van der Waals surface area contributed by atoms with Gasteiger partial charge in [0.2, 0.25) is 5.43 Å². The van der Waals surface area contributed by atoms with Gasteiger partial charge in [-0.1, -0.05) is 6.92 Å². The zero-order valence-electron chi connectivity index (χ0n) is 10.8. The standard InChI is InChI=1S/C14H14O5/c1-3-6-18-9-4-5-10-12(7-9)19-8-11(13(10)15)14(16)17-2/h4-5,7-8H,3,6H2,1-2H3. The maximum absolute atomic E-state index is 12.1. The number of carbonyl (C=O) groups is 1. The molecule has 0 spiro atoms. The molecule has 0 bridgehead atoms. The first kappa shape index (κ1) is 13.1. The lowest BCUT2D eigenvalue weighted by Crippen LogP contribution is -2.15. The Balaban J connectivity index is 2.48. The topological polar surface area (TPSA) is 65.7 Å². The first-order valence-electron chi connectivity index (χ1n) is 5.94. The minimum absolute atomic E-state index is 0.114. The van der Waals surface area contributed by atoms with Crippen molar-refractivity contribution >= 4 is 16.9 Å². The van der Waals surface area contributed by atoms with Gasteiger partial charge in [-0.25, -0.2) is 4.79 Å². The Labute approximate surface area is 109 Å². The van der Waals surface area contributed by atoms with Crippen LogP contribution in [0.15, 0.2) is 33.7 Å². The molecule has 5 nitrogen and oxygen atoms in total. The Bertz CT molecular complexity index is 656. The van der Waals surface area contributed by atoms with Gasteiger partial charge in [0, 0.05) is 6.07 Å². The fraction of sp³-hybridized carbons (Fsp3) is 0.286. The number of carbonyl (C=O) groups excluding carboxylic acids is 1. The molecule has 0 saturated carbocycles. The van der Waals surface area contributed by atoms with Crippen LogP contribution in [-0.2, 0) is 4.74 Å². The highest BCUT2D eigenvalue weighted by Gasteiger charge is 2.14. The van der Waals surface area contributed by atoms with E-state index in [0.717, 1.165) is 12.7 Å². The van der Waals surface area contributed by atoms with Crippen LogP contribution < -0.4 is 10.2 Å². The average molecular weight is 262 g/mol. The Morgan fingerprint density at radius 1 is 1.37 bits per heavy atom. The molecule has 5 heteroatoms. The monoisotopic (exact) mass is 262 g/mol. The molecule has 0 amide bonds. The highest BCUT2D eigenvalue weighted by atomic mass is 16.5. The second-order valence-corrected chi connectivity index (χ2v) is 3.98. The Hall–Kier alpha value is -2.30. The molecule has 0 atom stereocenters. The summed E-state index contributed by atoms with van der Waals surface area (Å²) in [6, 6.07) is 4.89. The van der Waals surface area contributed by atoms with E-state index in [1.165, 1.54) is 7.11 Å². The van der Waals surface area contributed by atoms with Crippen LogP contribution >= 0.6 is 0 Å². The fourth-order valence-electron chi connectivity index (χ4n) is 1.67. The van der Waals surface area contributed by atoms with Gasteiger partial charge in [-0.2, -0.15) is 0 Å². The molecule has 0 N–H and O–H groups in total. The number of esters is 1. The van der Waals surface area contributed by atoms with Crippen molar-refractivity contribution in [3.05, 3.63) is 40.2 Å². The SMILES string of the molecule is CCCOc1ccc2c(=O)c(C(=O)OC)coc2c1. The predicted octanol–water partition coefficient (Wildman–Crippen LogP) is 2.37. The molecular weight excluding hydrogens is 248 g/mol. The lowest BCUT2D eigenvalue weighted by atomic mass is 10.1. The lowest BCUT2D eigenvalue weighted by molar-refractivity contribution is 0.0597. The summed E-state index contributed by atoms with van der Waals surface area (Å²) in [6.45, 7) is 2.60. The van der Waals surface area contributed by atoms with Crippen LogP contribution in [0.2, 0.25) is 0 Å². The third kappa shape index (κ3) is 2.59. The summed E-state index contributed by atoms with van der Waals surface area (Å²) in [5.74, 6) is -0.0784. The van der Waals surface area contributed by atoms with E-state index < -0.39 is 11.4 Å². The number of ether oxygens (including phenoxy) is 2. The summed E-state index contributed by atoms with van der Waals surface area (Å²) in [4.78, 5) is 23.4. The van der Waals surface area contributed by atoms with Gasteiger partial charge in [-0.3, -0.25) is 4.79 Å². The highest BCUT2D eigenvalue weighted by molar-refractivity contribution is 5.92. The minimum atomic E-state index is -0.707. The number of fused-ring (bicyclic) bond motifs is 1. The van der Waals surface area contributed by atoms with E-state index in [1.807, 2.05) is 6.92 Å². The molecule has 0 aliphatic heterocycles. The molecule has 0 aliphatic carbocycles. The molecular formula is C14H14O5. The summed E-state index contributed by atoms with van der Waals surface area (Å²) in [5, 5.41) is 0.326. The molecule has 1 heterocycles. The summed E-state index contributed by atoms with van der Waals surface area (Å²) in [6.07, 6.45) is 2.00. The number of rotatable bonds is 4. The van der Waals surface area contributed by atoms with Gasteiger partial charge in [0.1, 0.15) is 23.2 Å². The van der Waals surface area contributed by atoms with Crippen molar-refractivity contribution in [2.75, 3.05) is 13.7 Å². The largest absolute Gasteiger partial charge is 0.493 e. The fourth-order valence-corrected chi connectivity index (χ4v) is 1.67. The minimum Gasteiger partial charge on any atom is -0.493 e. The molecule has 19 heavy (non-hydrogen) atoms. The summed E-state index contributed by atoms with van der Waals surface area (Å²) < 4.78 is 15.3. The van der Waals surface area contributed by atoms with E-state index in [2.05, 4.69) is 4.74 Å². The summed E-state index contributed by atoms with van der Waals surface area (Å²) in [7, 11) is 1.22. The maximum Gasteiger partial charge on any atom is 0.345 e. The average Bonchev–Trinajstić information content (AvgIpc) is 2.44. The smallest absolute Gasteiger partial charge is 0.345 e. The second-order valence-electron chi connectivity index (χ2n) is 3.98. The number of benzene rings is 1. The van der Waals surface area contributed by atoms with Crippen molar-refractivity contribution in [2.24, 2.45) is 0 Å². The molecule has 2 aromatic rings. The van der Waals surface area contributed by atoms with Crippen LogP contribution in [0, 0.1) is 0 Å². The second kappa shape index (κ2) is 5.56. The third-order valence-corrected chi connectivity index (χ3v) is 2.62. The molecule has 1 aromatic carbocycles. The normalized spacial score (nSPS) is 10.4. The zero-order chi connectivity index (χ0) is 13.8. The van der Waals surface area contributed by atoms with Crippen LogP contribution in [0.4, 0.5) is 0 Å². The number of hydrogen-bond donors (Lipinski definition) is 0. The van der Waals surface area contributed by atoms with E-state index in [9.17, 15) is 9.59 Å². The summed E-state index contributed by atoms with van der Waals surface area (Å²) >= 11 is 0. The van der Waals surface area contributed by atoms with Crippen LogP contribution in [0.3, 0.4) is 0 Å². The van der Waals surface area contributed by atoms with Crippen molar-refractivity contribution in [3.8, 4) is 5.75 Å². The molecule has 0 radical (unpaired) electrons. The Kier molecular flexibility index (Phi) is 3.85. The van der Waals surface area contributed by atoms with Gasteiger partial charge in [-0.05, 0) is 18.6 Å². The van der Waals surface area contributed by atoms with Crippen LogP contribution in [0.5, 0.6) is 5.75 Å². The zero-order valence-corrected chi connectivity index (χ0v) is 10.8. The van der Waals surface area contributed by atoms with Gasteiger partial charge in [-0.15, -0.1) is 0 Å². The molecule has 1 aromatic heterocycles. The van der Waals surface area contributed by atoms with E-state index in [4.69, 9.17) is 9.15 Å². The lowest BCUT2D eigenvalue weighted by Gasteiger charge is -2.05. The van der Waals surface area contributed by atoms with Crippen molar-refractivity contribution in [1.29, 1.82) is 0 Å². The third-order valence-electron chi connectivity index (χ3n) is 2.62. The number of methoxy groups -OCH3 is 1. The first-order chi connectivity index (χ1) is 9.17. The van der Waals surface area contributed by atoms with Crippen LogP contribution in [0.1, 0.15) is 23.7 Å². The van der Waals surface area contributed by atoms with Crippen LogP contribution in [0.25, 0.3) is 11.0 Å². The molecule has 0 aliphatic rings. The van der Waals surface area contributed by atoms with Gasteiger partial charge in [0.05, 0.1) is 19.1 Å². The van der Waals surface area contributed by atoms with E-state index in [-0.39, 0.29) is 5.56 Å².